The second-order valence-corrected chi connectivity index (χ2v) is 11.2. The Morgan fingerprint density at radius 1 is 1.19 bits per heavy atom. The standard InChI is InChI=1S/C29H50O2/c1-21(13-9-15-24(4)26(6)30)11-8-12-22(2)14-10-19-29(7)20-18-27-17-16-23(3)25(5)28(27)31-29/h13,16-17,22-25,27-28,30H,6,8-12,14-15,18-20H2,1-5,7H3/b21-13+. The van der Waals surface area contributed by atoms with Crippen molar-refractivity contribution in [2.75, 3.05) is 0 Å². The summed E-state index contributed by atoms with van der Waals surface area (Å²) < 4.78 is 6.74. The number of aliphatic hydroxyl groups excluding tert-OH is 1. The Morgan fingerprint density at radius 3 is 2.61 bits per heavy atom. The molecule has 0 amide bonds. The van der Waals surface area contributed by atoms with Crippen LogP contribution < -0.4 is 0 Å². The van der Waals surface area contributed by atoms with Crippen molar-refractivity contribution in [2.45, 2.75) is 117 Å². The van der Waals surface area contributed by atoms with Gasteiger partial charge in [-0.3, -0.25) is 0 Å². The molecule has 0 aromatic heterocycles. The van der Waals surface area contributed by atoms with Gasteiger partial charge in [-0.2, -0.15) is 0 Å². The topological polar surface area (TPSA) is 29.5 Å². The largest absolute Gasteiger partial charge is 0.513 e. The normalized spacial score (nSPS) is 33.0. The lowest BCUT2D eigenvalue weighted by Crippen LogP contribution is -2.47. The maximum Gasteiger partial charge on any atom is 0.0879 e. The number of allylic oxidation sites excluding steroid dienone is 4. The molecule has 1 N–H and O–H groups in total. The third-order valence-corrected chi connectivity index (χ3v) is 8.19. The molecule has 2 heteroatoms. The van der Waals surface area contributed by atoms with Crippen LogP contribution in [-0.2, 0) is 4.74 Å². The first-order chi connectivity index (χ1) is 14.6. The van der Waals surface area contributed by atoms with Gasteiger partial charge in [0, 0.05) is 11.8 Å². The summed E-state index contributed by atoms with van der Waals surface area (Å²) in [6.45, 7) is 17.4. The Labute approximate surface area is 193 Å². The highest BCUT2D eigenvalue weighted by Crippen LogP contribution is 2.43. The summed E-state index contributed by atoms with van der Waals surface area (Å²) in [5, 5.41) is 9.41. The fourth-order valence-electron chi connectivity index (χ4n) is 5.34. The van der Waals surface area contributed by atoms with E-state index in [2.05, 4.69) is 59.4 Å². The van der Waals surface area contributed by atoms with E-state index in [0.29, 0.717) is 29.6 Å². The Bertz CT molecular complexity index is 618. The van der Waals surface area contributed by atoms with E-state index in [-0.39, 0.29) is 11.5 Å². The quantitative estimate of drug-likeness (QED) is 0.247. The first-order valence-electron chi connectivity index (χ1n) is 13.0. The van der Waals surface area contributed by atoms with Gasteiger partial charge in [0.1, 0.15) is 0 Å². The zero-order valence-electron chi connectivity index (χ0n) is 21.3. The molecule has 2 rings (SSSR count). The molecule has 1 aliphatic heterocycles. The number of rotatable bonds is 12. The van der Waals surface area contributed by atoms with Gasteiger partial charge in [0.25, 0.3) is 0 Å². The van der Waals surface area contributed by atoms with E-state index in [9.17, 15) is 5.11 Å². The van der Waals surface area contributed by atoms with Crippen LogP contribution in [-0.4, -0.2) is 16.8 Å². The number of hydrogen-bond donors (Lipinski definition) is 1. The predicted molar refractivity (Wildman–Crippen MR) is 134 cm³/mol. The fourth-order valence-corrected chi connectivity index (χ4v) is 5.34. The highest BCUT2D eigenvalue weighted by molar-refractivity contribution is 5.07. The first-order valence-corrected chi connectivity index (χ1v) is 13.0. The molecule has 7 unspecified atom stereocenters. The van der Waals surface area contributed by atoms with Crippen molar-refractivity contribution < 1.29 is 9.84 Å². The van der Waals surface area contributed by atoms with E-state index in [4.69, 9.17) is 4.74 Å². The predicted octanol–water partition coefficient (Wildman–Crippen LogP) is 8.79. The molecule has 2 nitrogen and oxygen atoms in total. The van der Waals surface area contributed by atoms with Crippen molar-refractivity contribution in [1.29, 1.82) is 0 Å². The molecule has 178 valence electrons. The summed E-state index contributed by atoms with van der Waals surface area (Å²) in [6.07, 6.45) is 19.7. The molecule has 0 radical (unpaired) electrons. The lowest BCUT2D eigenvalue weighted by molar-refractivity contribution is -0.164. The van der Waals surface area contributed by atoms with Gasteiger partial charge in [0.05, 0.1) is 17.5 Å². The van der Waals surface area contributed by atoms with Crippen molar-refractivity contribution in [1.82, 2.24) is 0 Å². The van der Waals surface area contributed by atoms with Crippen LogP contribution in [0.15, 0.2) is 36.1 Å². The molecule has 7 atom stereocenters. The van der Waals surface area contributed by atoms with E-state index in [1.165, 1.54) is 56.9 Å². The summed E-state index contributed by atoms with van der Waals surface area (Å²) in [5.41, 5.74) is 1.57. The summed E-state index contributed by atoms with van der Waals surface area (Å²) in [5.74, 6) is 3.22. The number of ether oxygens (including phenoxy) is 1. The molecule has 1 fully saturated rings. The molecule has 1 aliphatic carbocycles. The average Bonchev–Trinajstić information content (AvgIpc) is 2.71. The second kappa shape index (κ2) is 12.3. The van der Waals surface area contributed by atoms with Crippen LogP contribution in [0.4, 0.5) is 0 Å². The van der Waals surface area contributed by atoms with Crippen LogP contribution >= 0.6 is 0 Å². The minimum absolute atomic E-state index is 0.0797. The molecule has 0 saturated carbocycles. The third kappa shape index (κ3) is 8.44. The zero-order chi connectivity index (χ0) is 23.0. The maximum atomic E-state index is 9.41. The van der Waals surface area contributed by atoms with Crippen molar-refractivity contribution in [3.05, 3.63) is 36.1 Å². The van der Waals surface area contributed by atoms with Crippen LogP contribution in [0.25, 0.3) is 0 Å². The Morgan fingerprint density at radius 2 is 1.90 bits per heavy atom. The van der Waals surface area contributed by atoms with Crippen molar-refractivity contribution in [2.24, 2.45) is 29.6 Å². The lowest BCUT2D eigenvalue weighted by Gasteiger charge is -2.47. The van der Waals surface area contributed by atoms with E-state index in [1.807, 2.05) is 6.92 Å². The van der Waals surface area contributed by atoms with Crippen LogP contribution in [0.5, 0.6) is 0 Å². The first kappa shape index (κ1) is 26.2. The van der Waals surface area contributed by atoms with Gasteiger partial charge in [-0.25, -0.2) is 0 Å². The van der Waals surface area contributed by atoms with E-state index in [0.717, 1.165) is 18.8 Å². The molecule has 1 heterocycles. The zero-order valence-corrected chi connectivity index (χ0v) is 21.3. The SMILES string of the molecule is C=C(O)C(C)CC/C=C(\C)CCCC(C)CCCC1(C)CCC2C=CC(C)C(C)C2O1. The van der Waals surface area contributed by atoms with Crippen LogP contribution in [0.2, 0.25) is 0 Å². The Balaban J connectivity index is 1.63. The molecular formula is C29H50O2. The van der Waals surface area contributed by atoms with E-state index in [1.54, 1.807) is 0 Å². The monoisotopic (exact) mass is 430 g/mol. The molecule has 0 aromatic rings. The molecule has 1 saturated heterocycles. The van der Waals surface area contributed by atoms with Gasteiger partial charge in [-0.1, -0.05) is 77.3 Å². The summed E-state index contributed by atoms with van der Waals surface area (Å²) in [6, 6.07) is 0. The Kier molecular flexibility index (Phi) is 10.4. The summed E-state index contributed by atoms with van der Waals surface area (Å²) in [4.78, 5) is 0. The molecule has 0 bridgehead atoms. The van der Waals surface area contributed by atoms with Gasteiger partial charge in [-0.05, 0) is 76.5 Å². The van der Waals surface area contributed by atoms with Gasteiger partial charge >= 0.3 is 0 Å². The van der Waals surface area contributed by atoms with Crippen LogP contribution in [0.1, 0.15) is 106 Å². The minimum atomic E-state index is 0.0797. The van der Waals surface area contributed by atoms with Crippen molar-refractivity contribution in [3.8, 4) is 0 Å². The van der Waals surface area contributed by atoms with Gasteiger partial charge in [-0.15, -0.1) is 0 Å². The van der Waals surface area contributed by atoms with Crippen LogP contribution in [0.3, 0.4) is 0 Å². The number of fused-ring (bicyclic) bond motifs is 1. The third-order valence-electron chi connectivity index (χ3n) is 8.19. The van der Waals surface area contributed by atoms with Gasteiger partial charge in [0.15, 0.2) is 0 Å². The second-order valence-electron chi connectivity index (χ2n) is 11.2. The van der Waals surface area contributed by atoms with Gasteiger partial charge < -0.3 is 9.84 Å². The summed E-state index contributed by atoms with van der Waals surface area (Å²) >= 11 is 0. The van der Waals surface area contributed by atoms with E-state index >= 15 is 0 Å². The molecular weight excluding hydrogens is 380 g/mol. The van der Waals surface area contributed by atoms with Crippen molar-refractivity contribution in [3.63, 3.8) is 0 Å². The maximum absolute atomic E-state index is 9.41. The minimum Gasteiger partial charge on any atom is -0.513 e. The smallest absolute Gasteiger partial charge is 0.0879 e. The Hall–Kier alpha value is -1.02. The van der Waals surface area contributed by atoms with Crippen molar-refractivity contribution >= 4 is 0 Å². The molecule has 0 spiro atoms. The highest BCUT2D eigenvalue weighted by Gasteiger charge is 2.42. The summed E-state index contributed by atoms with van der Waals surface area (Å²) in [7, 11) is 0. The van der Waals surface area contributed by atoms with Crippen LogP contribution in [0, 0.1) is 29.6 Å². The van der Waals surface area contributed by atoms with Gasteiger partial charge in [0.2, 0.25) is 0 Å². The average molecular weight is 431 g/mol. The lowest BCUT2D eigenvalue weighted by atomic mass is 9.72. The van der Waals surface area contributed by atoms with E-state index < -0.39 is 0 Å². The molecule has 2 aliphatic rings. The fraction of sp³-hybridized carbons (Fsp3) is 0.793. The molecule has 0 aromatic carbocycles. The highest BCUT2D eigenvalue weighted by atomic mass is 16.5. The molecule has 31 heavy (non-hydrogen) atoms. The number of hydrogen-bond acceptors (Lipinski definition) is 2. The number of aliphatic hydroxyl groups is 1.